The van der Waals surface area contributed by atoms with E-state index in [4.69, 9.17) is 0 Å². The zero-order chi connectivity index (χ0) is 10.7. The number of thiazole rings is 1. The first-order valence-electron chi connectivity index (χ1n) is 4.80. The summed E-state index contributed by atoms with van der Waals surface area (Å²) in [4.78, 5) is 8.46. The highest BCUT2D eigenvalue weighted by atomic mass is 32.1. The number of aryl methyl sites for hydroxylation is 2. The van der Waals surface area contributed by atoms with E-state index in [0.29, 0.717) is 0 Å². The van der Waals surface area contributed by atoms with Gasteiger partial charge in [-0.2, -0.15) is 0 Å². The van der Waals surface area contributed by atoms with Gasteiger partial charge in [-0.05, 0) is 13.0 Å². The highest BCUT2D eigenvalue weighted by molar-refractivity contribution is 7.09. The van der Waals surface area contributed by atoms with E-state index in [1.165, 1.54) is 0 Å². The van der Waals surface area contributed by atoms with E-state index < -0.39 is 0 Å². The second-order valence-corrected chi connectivity index (χ2v) is 4.34. The highest BCUT2D eigenvalue weighted by Crippen LogP contribution is 2.09. The summed E-state index contributed by atoms with van der Waals surface area (Å²) in [6.45, 7) is 2.02. The molecule has 0 saturated carbocycles. The predicted molar refractivity (Wildman–Crippen MR) is 62.8 cm³/mol. The quantitative estimate of drug-likeness (QED) is 0.793. The lowest BCUT2D eigenvalue weighted by Crippen LogP contribution is -1.89. The average Bonchev–Trinajstić information content (AvgIpc) is 2.82. The Morgan fingerprint density at radius 2 is 2.33 bits per heavy atom. The second kappa shape index (κ2) is 4.40. The molecule has 78 valence electrons. The minimum Gasteiger partial charge on any atom is -0.334 e. The van der Waals surface area contributed by atoms with Crippen molar-refractivity contribution in [2.75, 3.05) is 0 Å². The summed E-state index contributed by atoms with van der Waals surface area (Å²) in [7, 11) is 2.00. The van der Waals surface area contributed by atoms with Crippen LogP contribution in [0.5, 0.6) is 0 Å². The maximum atomic E-state index is 4.23. The van der Waals surface area contributed by atoms with Gasteiger partial charge in [-0.25, -0.2) is 9.97 Å². The third-order valence-electron chi connectivity index (χ3n) is 2.23. The van der Waals surface area contributed by atoms with Crippen molar-refractivity contribution in [1.29, 1.82) is 0 Å². The Labute approximate surface area is 93.1 Å². The first-order chi connectivity index (χ1) is 7.27. The molecule has 2 heterocycles. The monoisotopic (exact) mass is 219 g/mol. The zero-order valence-electron chi connectivity index (χ0n) is 8.84. The molecular weight excluding hydrogens is 206 g/mol. The van der Waals surface area contributed by atoms with Gasteiger partial charge >= 0.3 is 0 Å². The standard InChI is InChI=1S/C11H13N3S/c1-9-10(14(2)8-13-9)4-3-5-11-12-6-7-15-11/h3-4,6-8H,5H2,1-2H3. The zero-order valence-corrected chi connectivity index (χ0v) is 9.66. The van der Waals surface area contributed by atoms with Crippen LogP contribution in [-0.4, -0.2) is 14.5 Å². The molecule has 0 fully saturated rings. The second-order valence-electron chi connectivity index (χ2n) is 3.36. The normalized spacial score (nSPS) is 11.3. The molecule has 2 rings (SSSR count). The van der Waals surface area contributed by atoms with E-state index in [1.807, 2.05) is 36.4 Å². The summed E-state index contributed by atoms with van der Waals surface area (Å²) >= 11 is 1.68. The minimum absolute atomic E-state index is 0.891. The fourth-order valence-electron chi connectivity index (χ4n) is 1.42. The van der Waals surface area contributed by atoms with Gasteiger partial charge in [-0.3, -0.25) is 0 Å². The molecule has 3 nitrogen and oxygen atoms in total. The Bertz CT molecular complexity index is 435. The molecule has 4 heteroatoms. The lowest BCUT2D eigenvalue weighted by Gasteiger charge is -1.95. The maximum Gasteiger partial charge on any atom is 0.0962 e. The Kier molecular flexibility index (Phi) is 2.97. The van der Waals surface area contributed by atoms with Crippen molar-refractivity contribution in [3.63, 3.8) is 0 Å². The van der Waals surface area contributed by atoms with Crippen LogP contribution in [0.25, 0.3) is 6.08 Å². The summed E-state index contributed by atoms with van der Waals surface area (Å²) in [5, 5.41) is 3.14. The smallest absolute Gasteiger partial charge is 0.0962 e. The van der Waals surface area contributed by atoms with E-state index in [2.05, 4.69) is 22.1 Å². The van der Waals surface area contributed by atoms with E-state index >= 15 is 0 Å². The van der Waals surface area contributed by atoms with Crippen LogP contribution in [0.4, 0.5) is 0 Å². The number of allylic oxidation sites excluding steroid dienone is 1. The van der Waals surface area contributed by atoms with Crippen LogP contribution in [0.1, 0.15) is 16.4 Å². The van der Waals surface area contributed by atoms with Crippen LogP contribution < -0.4 is 0 Å². The van der Waals surface area contributed by atoms with Gasteiger partial charge in [0.25, 0.3) is 0 Å². The van der Waals surface area contributed by atoms with Crippen molar-refractivity contribution in [2.45, 2.75) is 13.3 Å². The molecule has 2 aromatic rings. The molecule has 0 aromatic carbocycles. The summed E-state index contributed by atoms with van der Waals surface area (Å²) < 4.78 is 2.02. The number of nitrogens with zero attached hydrogens (tertiary/aromatic N) is 3. The minimum atomic E-state index is 0.891. The maximum absolute atomic E-state index is 4.23. The van der Waals surface area contributed by atoms with Gasteiger partial charge < -0.3 is 4.57 Å². The molecule has 0 unspecified atom stereocenters. The first kappa shape index (κ1) is 10.1. The van der Waals surface area contributed by atoms with Crippen LogP contribution >= 0.6 is 11.3 Å². The molecule has 15 heavy (non-hydrogen) atoms. The third-order valence-corrected chi connectivity index (χ3v) is 3.03. The molecule has 0 radical (unpaired) electrons. The summed E-state index contributed by atoms with van der Waals surface area (Å²) in [6, 6.07) is 0. The fourth-order valence-corrected chi connectivity index (χ4v) is 2.01. The van der Waals surface area contributed by atoms with Crippen molar-refractivity contribution in [3.05, 3.63) is 40.4 Å². The molecule has 0 saturated heterocycles. The van der Waals surface area contributed by atoms with Crippen LogP contribution in [-0.2, 0) is 13.5 Å². The summed E-state index contributed by atoms with van der Waals surface area (Å²) in [5.74, 6) is 0. The molecule has 0 aliphatic carbocycles. The lowest BCUT2D eigenvalue weighted by atomic mass is 10.3. The van der Waals surface area contributed by atoms with Crippen molar-refractivity contribution < 1.29 is 0 Å². The number of hydrogen-bond donors (Lipinski definition) is 0. The Morgan fingerprint density at radius 1 is 1.47 bits per heavy atom. The average molecular weight is 219 g/mol. The molecule has 0 aliphatic heterocycles. The Hall–Kier alpha value is -1.42. The van der Waals surface area contributed by atoms with Gasteiger partial charge in [0.1, 0.15) is 0 Å². The molecule has 0 N–H and O–H groups in total. The van der Waals surface area contributed by atoms with Gasteiger partial charge in [-0.15, -0.1) is 11.3 Å². The van der Waals surface area contributed by atoms with Crippen molar-refractivity contribution in [2.24, 2.45) is 7.05 Å². The molecular formula is C11H13N3S. The molecule has 0 aliphatic rings. The number of rotatable bonds is 3. The van der Waals surface area contributed by atoms with Crippen LogP contribution in [0.2, 0.25) is 0 Å². The first-order valence-corrected chi connectivity index (χ1v) is 5.68. The van der Waals surface area contributed by atoms with Gasteiger partial charge in [-0.1, -0.05) is 6.08 Å². The van der Waals surface area contributed by atoms with Gasteiger partial charge in [0, 0.05) is 25.0 Å². The highest BCUT2D eigenvalue weighted by Gasteiger charge is 1.99. The van der Waals surface area contributed by atoms with Crippen molar-refractivity contribution in [3.8, 4) is 0 Å². The largest absolute Gasteiger partial charge is 0.334 e. The van der Waals surface area contributed by atoms with Gasteiger partial charge in [0.2, 0.25) is 0 Å². The Morgan fingerprint density at radius 3 is 2.93 bits per heavy atom. The van der Waals surface area contributed by atoms with Crippen molar-refractivity contribution in [1.82, 2.24) is 14.5 Å². The van der Waals surface area contributed by atoms with Crippen LogP contribution in [0.15, 0.2) is 24.0 Å². The summed E-state index contributed by atoms with van der Waals surface area (Å²) in [6.07, 6.45) is 8.79. The number of imidazole rings is 1. The van der Waals surface area contributed by atoms with Crippen molar-refractivity contribution >= 4 is 17.4 Å². The predicted octanol–water partition coefficient (Wildman–Crippen LogP) is 2.44. The van der Waals surface area contributed by atoms with Crippen LogP contribution in [0.3, 0.4) is 0 Å². The fraction of sp³-hybridized carbons (Fsp3) is 0.273. The molecule has 2 aromatic heterocycles. The number of aromatic nitrogens is 3. The van der Waals surface area contributed by atoms with Gasteiger partial charge in [0.15, 0.2) is 0 Å². The molecule has 0 amide bonds. The summed E-state index contributed by atoms with van der Waals surface area (Å²) in [5.41, 5.74) is 2.22. The van der Waals surface area contributed by atoms with E-state index in [1.54, 1.807) is 11.3 Å². The lowest BCUT2D eigenvalue weighted by molar-refractivity contribution is 0.901. The van der Waals surface area contributed by atoms with E-state index in [0.717, 1.165) is 22.8 Å². The molecule has 0 spiro atoms. The topological polar surface area (TPSA) is 30.7 Å². The third kappa shape index (κ3) is 2.33. The number of hydrogen-bond acceptors (Lipinski definition) is 3. The van der Waals surface area contributed by atoms with Crippen LogP contribution in [0, 0.1) is 6.92 Å². The Balaban J connectivity index is 2.06. The molecule has 0 atom stereocenters. The van der Waals surface area contributed by atoms with Gasteiger partial charge in [0.05, 0.1) is 22.7 Å². The molecule has 0 bridgehead atoms. The van der Waals surface area contributed by atoms with E-state index in [-0.39, 0.29) is 0 Å². The van der Waals surface area contributed by atoms with E-state index in [9.17, 15) is 0 Å². The SMILES string of the molecule is Cc1ncn(C)c1C=CCc1nccs1.